The summed E-state index contributed by atoms with van der Waals surface area (Å²) >= 11 is 12.0. The predicted molar refractivity (Wildman–Crippen MR) is 107 cm³/mol. The van der Waals surface area contributed by atoms with Crippen molar-refractivity contribution in [2.45, 2.75) is 6.54 Å². The van der Waals surface area contributed by atoms with E-state index in [1.54, 1.807) is 17.0 Å². The van der Waals surface area contributed by atoms with Crippen LogP contribution in [0.1, 0.15) is 16.2 Å². The largest absolute Gasteiger partial charge is 0.336 e. The molecule has 0 N–H and O–H groups in total. The average molecular weight is 435 g/mol. The van der Waals surface area contributed by atoms with Crippen LogP contribution in [0.5, 0.6) is 0 Å². The minimum Gasteiger partial charge on any atom is -0.336 e. The molecule has 3 aromatic rings. The van der Waals surface area contributed by atoms with Gasteiger partial charge in [0.05, 0.1) is 17.1 Å². The third-order valence-electron chi connectivity index (χ3n) is 4.73. The molecule has 6 nitrogen and oxygen atoms in total. The first kappa shape index (κ1) is 19.8. The number of aromatic nitrogens is 2. The highest BCUT2D eigenvalue weighted by Crippen LogP contribution is 2.22. The fraction of sp³-hybridized carbons (Fsp3) is 0.250. The molecular weight excluding hydrogens is 418 g/mol. The van der Waals surface area contributed by atoms with Crippen LogP contribution in [-0.2, 0) is 6.54 Å². The number of piperazine rings is 1. The average Bonchev–Trinajstić information content (AvgIpc) is 3.17. The maximum absolute atomic E-state index is 13.2. The van der Waals surface area contributed by atoms with E-state index in [0.717, 1.165) is 11.6 Å². The Labute approximate surface area is 176 Å². The lowest BCUT2D eigenvalue weighted by molar-refractivity contribution is 0.0624. The molecule has 0 saturated carbocycles. The number of benzene rings is 2. The van der Waals surface area contributed by atoms with Gasteiger partial charge in [0.25, 0.3) is 11.8 Å². The van der Waals surface area contributed by atoms with E-state index in [1.807, 2.05) is 12.1 Å². The number of amides is 1. The Morgan fingerprint density at radius 1 is 1.10 bits per heavy atom. The molecule has 0 unspecified atom stereocenters. The number of carbonyl (C=O) groups excluding carboxylic acids is 1. The molecule has 0 spiro atoms. The molecule has 0 bridgehead atoms. The Kier molecular flexibility index (Phi) is 5.80. The molecule has 1 aliphatic heterocycles. The van der Waals surface area contributed by atoms with Gasteiger partial charge in [-0.25, -0.2) is 4.39 Å². The highest BCUT2D eigenvalue weighted by molar-refractivity contribution is 6.33. The van der Waals surface area contributed by atoms with Crippen molar-refractivity contribution < 1.29 is 13.7 Å². The molecule has 2 aromatic carbocycles. The normalized spacial score (nSPS) is 14.9. The van der Waals surface area contributed by atoms with Crippen molar-refractivity contribution in [2.75, 3.05) is 26.2 Å². The number of carbonyl (C=O) groups is 1. The van der Waals surface area contributed by atoms with Crippen molar-refractivity contribution in [3.63, 3.8) is 0 Å². The number of rotatable bonds is 4. The Hall–Kier alpha value is -2.48. The van der Waals surface area contributed by atoms with E-state index < -0.39 is 5.82 Å². The number of halogens is 3. The van der Waals surface area contributed by atoms with Crippen LogP contribution in [-0.4, -0.2) is 52.0 Å². The summed E-state index contributed by atoms with van der Waals surface area (Å²) in [6.07, 6.45) is 0. The highest BCUT2D eigenvalue weighted by Gasteiger charge is 2.24. The molecule has 1 fully saturated rings. The fourth-order valence-electron chi connectivity index (χ4n) is 3.20. The van der Waals surface area contributed by atoms with Crippen LogP contribution in [0.4, 0.5) is 4.39 Å². The van der Waals surface area contributed by atoms with Gasteiger partial charge in [-0.1, -0.05) is 34.4 Å². The fourth-order valence-corrected chi connectivity index (χ4v) is 3.64. The second-order valence-corrected chi connectivity index (χ2v) is 7.56. The Bertz CT molecular complexity index is 1030. The van der Waals surface area contributed by atoms with Crippen molar-refractivity contribution >= 4 is 29.1 Å². The molecule has 29 heavy (non-hydrogen) atoms. The van der Waals surface area contributed by atoms with Gasteiger partial charge in [-0.2, -0.15) is 4.98 Å². The van der Waals surface area contributed by atoms with E-state index in [4.69, 9.17) is 27.7 Å². The zero-order valence-electron chi connectivity index (χ0n) is 15.3. The van der Waals surface area contributed by atoms with Gasteiger partial charge in [0.15, 0.2) is 5.82 Å². The third kappa shape index (κ3) is 4.58. The summed E-state index contributed by atoms with van der Waals surface area (Å²) in [6.45, 7) is 2.90. The molecular formula is C20H17Cl2FN4O2. The van der Waals surface area contributed by atoms with Gasteiger partial charge in [0, 0.05) is 36.8 Å². The number of hydrogen-bond donors (Lipinski definition) is 0. The van der Waals surface area contributed by atoms with Crippen LogP contribution in [0.3, 0.4) is 0 Å². The van der Waals surface area contributed by atoms with Crippen LogP contribution in [0.15, 0.2) is 47.0 Å². The smallest absolute Gasteiger partial charge is 0.258 e. The molecule has 1 saturated heterocycles. The molecule has 0 radical (unpaired) electrons. The molecule has 1 aliphatic rings. The molecule has 2 heterocycles. The summed E-state index contributed by atoms with van der Waals surface area (Å²) in [4.78, 5) is 20.9. The van der Waals surface area contributed by atoms with Gasteiger partial charge in [0.2, 0.25) is 0 Å². The molecule has 1 aromatic heterocycles. The van der Waals surface area contributed by atoms with Gasteiger partial charge in [-0.3, -0.25) is 9.69 Å². The quantitative estimate of drug-likeness (QED) is 0.617. The van der Waals surface area contributed by atoms with E-state index >= 15 is 0 Å². The Morgan fingerprint density at radius 3 is 2.62 bits per heavy atom. The molecule has 0 atom stereocenters. The standard InChI is InChI=1S/C20H17Cl2FN4O2/c21-14-3-1-2-13(10-14)19-24-18(25-29-19)12-26-6-8-27(9-7-26)20(28)16-5-4-15(23)11-17(16)22/h1-5,10-11H,6-9,12H2. The zero-order chi connectivity index (χ0) is 20.4. The van der Waals surface area contributed by atoms with Crippen LogP contribution in [0.2, 0.25) is 10.0 Å². The Morgan fingerprint density at radius 2 is 1.90 bits per heavy atom. The maximum atomic E-state index is 13.2. The van der Waals surface area contributed by atoms with Gasteiger partial charge in [-0.05, 0) is 36.4 Å². The molecule has 9 heteroatoms. The van der Waals surface area contributed by atoms with Gasteiger partial charge in [0.1, 0.15) is 5.82 Å². The van der Waals surface area contributed by atoms with Crippen molar-refractivity contribution in [1.29, 1.82) is 0 Å². The van der Waals surface area contributed by atoms with E-state index in [0.29, 0.717) is 55.0 Å². The van der Waals surface area contributed by atoms with E-state index in [-0.39, 0.29) is 10.9 Å². The molecule has 150 valence electrons. The van der Waals surface area contributed by atoms with Gasteiger partial charge in [-0.15, -0.1) is 0 Å². The second kappa shape index (κ2) is 8.49. The molecule has 4 rings (SSSR count). The third-order valence-corrected chi connectivity index (χ3v) is 5.27. The van der Waals surface area contributed by atoms with Crippen LogP contribution >= 0.6 is 23.2 Å². The van der Waals surface area contributed by atoms with E-state index in [1.165, 1.54) is 12.1 Å². The zero-order valence-corrected chi connectivity index (χ0v) is 16.8. The predicted octanol–water partition coefficient (Wildman–Crippen LogP) is 4.14. The Balaban J connectivity index is 1.35. The first-order valence-corrected chi connectivity index (χ1v) is 9.80. The first-order valence-electron chi connectivity index (χ1n) is 9.05. The van der Waals surface area contributed by atoms with Gasteiger partial charge < -0.3 is 9.42 Å². The second-order valence-electron chi connectivity index (χ2n) is 6.72. The first-order chi connectivity index (χ1) is 14.0. The van der Waals surface area contributed by atoms with Crippen molar-refractivity contribution in [1.82, 2.24) is 19.9 Å². The maximum Gasteiger partial charge on any atom is 0.258 e. The lowest BCUT2D eigenvalue weighted by Crippen LogP contribution is -2.48. The number of hydrogen-bond acceptors (Lipinski definition) is 5. The lowest BCUT2D eigenvalue weighted by Gasteiger charge is -2.34. The minimum atomic E-state index is -0.464. The SMILES string of the molecule is O=C(c1ccc(F)cc1Cl)N1CCN(Cc2noc(-c3cccc(Cl)c3)n2)CC1. The highest BCUT2D eigenvalue weighted by atomic mass is 35.5. The topological polar surface area (TPSA) is 62.5 Å². The van der Waals surface area contributed by atoms with E-state index in [2.05, 4.69) is 15.0 Å². The van der Waals surface area contributed by atoms with Crippen molar-refractivity contribution in [3.8, 4) is 11.5 Å². The van der Waals surface area contributed by atoms with Crippen molar-refractivity contribution in [2.24, 2.45) is 0 Å². The monoisotopic (exact) mass is 434 g/mol. The summed E-state index contributed by atoms with van der Waals surface area (Å²) in [5.41, 5.74) is 1.08. The summed E-state index contributed by atoms with van der Waals surface area (Å²) in [5.74, 6) is 0.328. The summed E-state index contributed by atoms with van der Waals surface area (Å²) < 4.78 is 18.5. The van der Waals surface area contributed by atoms with Crippen LogP contribution < -0.4 is 0 Å². The summed E-state index contributed by atoms with van der Waals surface area (Å²) in [7, 11) is 0. The minimum absolute atomic E-state index is 0.123. The number of nitrogens with zero attached hydrogens (tertiary/aromatic N) is 4. The van der Waals surface area contributed by atoms with Crippen LogP contribution in [0.25, 0.3) is 11.5 Å². The molecule has 1 amide bonds. The van der Waals surface area contributed by atoms with Crippen molar-refractivity contribution in [3.05, 3.63) is 69.7 Å². The van der Waals surface area contributed by atoms with Crippen LogP contribution in [0, 0.1) is 5.82 Å². The lowest BCUT2D eigenvalue weighted by atomic mass is 10.1. The van der Waals surface area contributed by atoms with Gasteiger partial charge >= 0.3 is 0 Å². The summed E-state index contributed by atoms with van der Waals surface area (Å²) in [6, 6.07) is 11.0. The summed E-state index contributed by atoms with van der Waals surface area (Å²) in [5, 5.41) is 4.76. The molecule has 0 aliphatic carbocycles. The van der Waals surface area contributed by atoms with E-state index in [9.17, 15) is 9.18 Å².